The summed E-state index contributed by atoms with van der Waals surface area (Å²) in [5.74, 6) is 1.16. The quantitative estimate of drug-likeness (QED) is 0.395. The Labute approximate surface area is 146 Å². The van der Waals surface area contributed by atoms with Crippen LogP contribution in [0.2, 0.25) is 0 Å². The fourth-order valence-electron chi connectivity index (χ4n) is 2.17. The molecule has 4 heteroatoms. The van der Waals surface area contributed by atoms with Crippen molar-refractivity contribution in [3.8, 4) is 5.82 Å². The van der Waals surface area contributed by atoms with E-state index in [1.165, 1.54) is 5.56 Å². The first-order valence-electron chi connectivity index (χ1n) is 6.42. The lowest BCUT2D eigenvalue weighted by Gasteiger charge is -1.99. The van der Waals surface area contributed by atoms with Gasteiger partial charge in [-0.2, -0.15) is 0 Å². The van der Waals surface area contributed by atoms with Crippen molar-refractivity contribution in [3.05, 3.63) is 90.9 Å². The van der Waals surface area contributed by atoms with E-state index in [-0.39, 0.29) is 34.0 Å². The van der Waals surface area contributed by atoms with Crippen LogP contribution in [-0.4, -0.2) is 0 Å². The van der Waals surface area contributed by atoms with Gasteiger partial charge in [-0.05, 0) is 6.07 Å². The number of hydrogen-bond donors (Lipinski definition) is 0. The van der Waals surface area contributed by atoms with Crippen LogP contribution in [-0.2, 0) is 6.54 Å². The third-order valence-electron chi connectivity index (χ3n) is 3.09. The van der Waals surface area contributed by atoms with Crippen LogP contribution >= 0.6 is 0 Å². The van der Waals surface area contributed by atoms with Crippen LogP contribution in [0, 0.1) is 0 Å². The first-order valence-corrected chi connectivity index (χ1v) is 6.42. The molecule has 0 atom stereocenters. The Morgan fingerprint density at radius 3 is 1.90 bits per heavy atom. The highest BCUT2D eigenvalue weighted by Crippen LogP contribution is 1.99. The fraction of sp³-hybridized carbons (Fsp3) is 0.0588. The van der Waals surface area contributed by atoms with Crippen LogP contribution in [0.4, 0.5) is 0 Å². The van der Waals surface area contributed by atoms with E-state index in [0.717, 1.165) is 12.4 Å². The summed E-state index contributed by atoms with van der Waals surface area (Å²) in [7, 11) is 0. The lowest BCUT2D eigenvalue weighted by atomic mass is 10.2. The molecule has 0 saturated heterocycles. The Balaban J connectivity index is 0.00000110. The van der Waals surface area contributed by atoms with E-state index in [4.69, 9.17) is 0 Å². The van der Waals surface area contributed by atoms with Crippen molar-refractivity contribution < 1.29 is 43.1 Å². The van der Waals surface area contributed by atoms with Crippen LogP contribution in [0.5, 0.6) is 0 Å². The summed E-state index contributed by atoms with van der Waals surface area (Å²) in [6.45, 7) is 0.874. The maximum atomic E-state index is 2.25. The van der Waals surface area contributed by atoms with E-state index in [1.807, 2.05) is 24.3 Å². The molecule has 0 aliphatic carbocycles. The number of rotatable bonds is 3. The molecule has 108 valence electrons. The first-order chi connectivity index (χ1) is 9.43. The zero-order valence-corrected chi connectivity index (χ0v) is 14.6. The summed E-state index contributed by atoms with van der Waals surface area (Å²) in [5.41, 5.74) is 1.30. The molecule has 0 spiro atoms. The number of aromatic nitrogens is 2. The van der Waals surface area contributed by atoms with Crippen LogP contribution in [0.1, 0.15) is 5.56 Å². The maximum absolute atomic E-state index is 2.25. The van der Waals surface area contributed by atoms with Gasteiger partial charge in [-0.15, -0.1) is 9.13 Å². The Morgan fingerprint density at radius 2 is 1.19 bits per heavy atom. The van der Waals surface area contributed by atoms with Gasteiger partial charge < -0.3 is 34.0 Å². The van der Waals surface area contributed by atoms with Crippen LogP contribution in [0.25, 0.3) is 5.82 Å². The molecule has 0 aliphatic heterocycles. The van der Waals surface area contributed by atoms with Crippen molar-refractivity contribution >= 4 is 0 Å². The van der Waals surface area contributed by atoms with Gasteiger partial charge in [0, 0.05) is 23.8 Å². The summed E-state index contributed by atoms with van der Waals surface area (Å²) in [6, 6.07) is 22.9. The monoisotopic (exact) mass is 406 g/mol. The van der Waals surface area contributed by atoms with E-state index in [9.17, 15) is 0 Å². The average molecular weight is 408 g/mol. The Bertz CT molecular complexity index is 658. The lowest BCUT2D eigenvalue weighted by molar-refractivity contribution is -0.787. The zero-order valence-electron chi connectivity index (χ0n) is 11.4. The normalized spacial score (nSPS) is 9.33. The van der Waals surface area contributed by atoms with Gasteiger partial charge in [0.15, 0.2) is 25.1 Å². The van der Waals surface area contributed by atoms with Gasteiger partial charge in [0.25, 0.3) is 0 Å². The number of benzene rings is 1. The minimum absolute atomic E-state index is 0. The van der Waals surface area contributed by atoms with E-state index in [2.05, 4.69) is 70.2 Å². The zero-order chi connectivity index (χ0) is 12.9. The van der Waals surface area contributed by atoms with Crippen molar-refractivity contribution in [2.24, 2.45) is 0 Å². The minimum atomic E-state index is 0. The van der Waals surface area contributed by atoms with Gasteiger partial charge in [0.2, 0.25) is 0 Å². The molecule has 3 rings (SSSR count). The molecule has 2 aromatic heterocycles. The highest BCUT2D eigenvalue weighted by Gasteiger charge is 2.18. The maximum Gasteiger partial charge on any atom is 0.449 e. The highest BCUT2D eigenvalue weighted by atomic mass is 79.9. The van der Waals surface area contributed by atoms with Gasteiger partial charge in [0.05, 0.1) is 6.07 Å². The largest absolute Gasteiger partial charge is 1.00 e. The van der Waals surface area contributed by atoms with Crippen molar-refractivity contribution in [1.82, 2.24) is 0 Å². The summed E-state index contributed by atoms with van der Waals surface area (Å²) in [5, 5.41) is 0. The van der Waals surface area contributed by atoms with E-state index in [0.29, 0.717) is 0 Å². The van der Waals surface area contributed by atoms with Crippen molar-refractivity contribution in [2.45, 2.75) is 6.54 Å². The Kier molecular flexibility index (Phi) is 7.26. The average Bonchev–Trinajstić information content (AvgIpc) is 2.50. The van der Waals surface area contributed by atoms with Crippen molar-refractivity contribution in [1.29, 1.82) is 0 Å². The minimum Gasteiger partial charge on any atom is -1.00 e. The molecular weight excluding hydrogens is 392 g/mol. The van der Waals surface area contributed by atoms with E-state index >= 15 is 0 Å². The molecule has 3 aromatic rings. The van der Waals surface area contributed by atoms with E-state index in [1.54, 1.807) is 0 Å². The molecule has 0 amide bonds. The SMILES string of the molecule is [Br-].[Br-].c1ccc(C[n+]2ccccc2-[n+]2ccccc2)cc1. The molecule has 0 fully saturated rings. The Morgan fingerprint density at radius 1 is 0.619 bits per heavy atom. The topological polar surface area (TPSA) is 7.76 Å². The van der Waals surface area contributed by atoms with Gasteiger partial charge in [-0.25, -0.2) is 0 Å². The van der Waals surface area contributed by atoms with Gasteiger partial charge >= 0.3 is 5.82 Å². The molecule has 0 bridgehead atoms. The van der Waals surface area contributed by atoms with Gasteiger partial charge in [-0.3, -0.25) is 0 Å². The van der Waals surface area contributed by atoms with Gasteiger partial charge in [-0.1, -0.05) is 36.4 Å². The molecule has 2 nitrogen and oxygen atoms in total. The lowest BCUT2D eigenvalue weighted by Crippen LogP contribution is -3.00. The fourth-order valence-corrected chi connectivity index (χ4v) is 2.17. The predicted octanol–water partition coefficient (Wildman–Crippen LogP) is -3.69. The summed E-state index contributed by atoms with van der Waals surface area (Å²) >= 11 is 0. The number of halogens is 2. The third kappa shape index (κ3) is 4.48. The first kappa shape index (κ1) is 17.5. The number of hydrogen-bond acceptors (Lipinski definition) is 0. The van der Waals surface area contributed by atoms with Crippen LogP contribution < -0.4 is 43.1 Å². The van der Waals surface area contributed by atoms with Crippen molar-refractivity contribution in [3.63, 3.8) is 0 Å². The second-order valence-electron chi connectivity index (χ2n) is 4.46. The molecule has 0 N–H and O–H groups in total. The molecule has 0 radical (unpaired) electrons. The van der Waals surface area contributed by atoms with Crippen LogP contribution in [0.15, 0.2) is 85.3 Å². The number of pyridine rings is 2. The van der Waals surface area contributed by atoms with Crippen LogP contribution in [0.3, 0.4) is 0 Å². The summed E-state index contributed by atoms with van der Waals surface area (Å²) in [4.78, 5) is 0. The van der Waals surface area contributed by atoms with E-state index < -0.39 is 0 Å². The van der Waals surface area contributed by atoms with Crippen molar-refractivity contribution in [2.75, 3.05) is 0 Å². The smallest absolute Gasteiger partial charge is 0.449 e. The third-order valence-corrected chi connectivity index (χ3v) is 3.09. The molecule has 21 heavy (non-hydrogen) atoms. The number of nitrogens with zero attached hydrogens (tertiary/aromatic N) is 2. The van der Waals surface area contributed by atoms with Gasteiger partial charge in [0.1, 0.15) is 0 Å². The molecule has 1 aromatic carbocycles. The molecule has 0 unspecified atom stereocenters. The molecule has 0 aliphatic rings. The predicted molar refractivity (Wildman–Crippen MR) is 73.7 cm³/mol. The summed E-state index contributed by atoms with van der Waals surface area (Å²) < 4.78 is 4.37. The molecule has 2 heterocycles. The second-order valence-corrected chi connectivity index (χ2v) is 4.46. The highest BCUT2D eigenvalue weighted by molar-refractivity contribution is 5.14. The Hall–Kier alpha value is -1.52. The molecule has 0 saturated carbocycles. The molecular formula is C17H16Br2N2. The standard InChI is InChI=1S/C17H16N2.2BrH/c1-3-9-16(10-4-1)15-19-14-8-5-11-17(19)18-12-6-2-7-13-18;;/h1-14H,15H2;2*1H/q+2;;/p-2. The summed E-state index contributed by atoms with van der Waals surface area (Å²) in [6.07, 6.45) is 6.25. The second kappa shape index (κ2) is 8.70.